The molecule has 0 rings (SSSR count). The number of esters is 2. The van der Waals surface area contributed by atoms with E-state index in [0.717, 1.165) is 90.3 Å². The summed E-state index contributed by atoms with van der Waals surface area (Å²) in [5, 5.41) is 9.60. The summed E-state index contributed by atoms with van der Waals surface area (Å²) in [6, 6.07) is 0. The molecular formula is C46H91NO5. The zero-order valence-electron chi connectivity index (χ0n) is 35.8. The van der Waals surface area contributed by atoms with E-state index in [9.17, 15) is 14.7 Å². The van der Waals surface area contributed by atoms with Crippen molar-refractivity contribution < 1.29 is 24.2 Å². The Hall–Kier alpha value is -1.14. The first kappa shape index (κ1) is 50.9. The van der Waals surface area contributed by atoms with Gasteiger partial charge in [-0.1, -0.05) is 162 Å². The van der Waals surface area contributed by atoms with Crippen molar-refractivity contribution in [2.75, 3.05) is 32.8 Å². The van der Waals surface area contributed by atoms with Crippen LogP contribution < -0.4 is 0 Å². The van der Waals surface area contributed by atoms with Crippen LogP contribution in [-0.4, -0.2) is 60.9 Å². The van der Waals surface area contributed by atoms with Crippen LogP contribution in [0.4, 0.5) is 0 Å². The van der Waals surface area contributed by atoms with E-state index >= 15 is 0 Å². The molecule has 0 aromatic heterocycles. The number of rotatable bonds is 41. The monoisotopic (exact) mass is 738 g/mol. The van der Waals surface area contributed by atoms with Crippen molar-refractivity contribution in [1.82, 2.24) is 4.90 Å². The summed E-state index contributed by atoms with van der Waals surface area (Å²) in [6.07, 6.45) is 37.4. The predicted molar refractivity (Wildman–Crippen MR) is 223 cm³/mol. The maximum absolute atomic E-state index is 13.3. The Kier molecular flexibility index (Phi) is 37.3. The summed E-state index contributed by atoms with van der Waals surface area (Å²) in [6.45, 7) is 14.5. The Morgan fingerprint density at radius 3 is 1.46 bits per heavy atom. The van der Waals surface area contributed by atoms with Gasteiger partial charge in [0.2, 0.25) is 0 Å². The maximum atomic E-state index is 13.3. The van der Waals surface area contributed by atoms with Gasteiger partial charge in [-0.15, -0.1) is 0 Å². The number of carbonyl (C=O) groups is 2. The molecule has 0 aliphatic carbocycles. The van der Waals surface area contributed by atoms with E-state index in [1.165, 1.54) is 128 Å². The first-order valence-electron chi connectivity index (χ1n) is 23.0. The van der Waals surface area contributed by atoms with Gasteiger partial charge in [-0.05, 0) is 84.7 Å². The van der Waals surface area contributed by atoms with E-state index in [1.807, 2.05) is 0 Å². The number of ether oxygens (including phenoxy) is 2. The van der Waals surface area contributed by atoms with Gasteiger partial charge in [0.05, 0.1) is 18.6 Å². The van der Waals surface area contributed by atoms with Gasteiger partial charge in [0.15, 0.2) is 0 Å². The number of unbranched alkanes of at least 4 members (excludes halogenated alkanes) is 23. The van der Waals surface area contributed by atoms with Crippen LogP contribution in [-0.2, 0) is 19.1 Å². The third-order valence-electron chi connectivity index (χ3n) is 10.9. The predicted octanol–water partition coefficient (Wildman–Crippen LogP) is 13.3. The second-order valence-electron chi connectivity index (χ2n) is 16.6. The average molecular weight is 738 g/mol. The third-order valence-corrected chi connectivity index (χ3v) is 10.9. The first-order valence-corrected chi connectivity index (χ1v) is 23.0. The fourth-order valence-electron chi connectivity index (χ4n) is 7.16. The quantitative estimate of drug-likeness (QED) is 0.0497. The highest BCUT2D eigenvalue weighted by atomic mass is 16.5. The molecule has 310 valence electrons. The number of carbonyl (C=O) groups excluding carboxylic acids is 2. The highest BCUT2D eigenvalue weighted by Crippen LogP contribution is 2.28. The van der Waals surface area contributed by atoms with E-state index in [1.54, 1.807) is 0 Å². The molecule has 0 spiro atoms. The largest absolute Gasteiger partial charge is 0.466 e. The molecule has 0 amide bonds. The summed E-state index contributed by atoms with van der Waals surface area (Å²) in [7, 11) is 0. The number of hydrogen-bond donors (Lipinski definition) is 1. The van der Waals surface area contributed by atoms with E-state index in [0.29, 0.717) is 13.0 Å². The van der Waals surface area contributed by atoms with Gasteiger partial charge in [0.25, 0.3) is 0 Å². The molecule has 0 saturated heterocycles. The minimum Gasteiger partial charge on any atom is -0.466 e. The van der Waals surface area contributed by atoms with E-state index in [-0.39, 0.29) is 24.6 Å². The standard InChI is InChI=1S/C46H91NO5/c1-6-9-12-15-20-27-34-43(35-28-21-16-13-10-7-2)52-45(50)46(4,5)37-30-23-25-32-39-47(40-41-48)38-31-24-18-19-26-33-42-51-44(49)36-29-22-17-14-11-8-3/h43,48H,6-42H2,1-5H3. The topological polar surface area (TPSA) is 76.1 Å². The van der Waals surface area contributed by atoms with Crippen molar-refractivity contribution in [1.29, 1.82) is 0 Å². The third kappa shape index (κ3) is 33.4. The molecule has 0 atom stereocenters. The van der Waals surface area contributed by atoms with E-state index in [4.69, 9.17) is 9.47 Å². The summed E-state index contributed by atoms with van der Waals surface area (Å²) >= 11 is 0. The molecule has 0 radical (unpaired) electrons. The van der Waals surface area contributed by atoms with Gasteiger partial charge in [-0.2, -0.15) is 0 Å². The normalized spacial score (nSPS) is 11.9. The fourth-order valence-corrected chi connectivity index (χ4v) is 7.16. The van der Waals surface area contributed by atoms with Crippen molar-refractivity contribution in [2.45, 2.75) is 246 Å². The zero-order valence-corrected chi connectivity index (χ0v) is 35.8. The van der Waals surface area contributed by atoms with Crippen molar-refractivity contribution >= 4 is 11.9 Å². The van der Waals surface area contributed by atoms with Crippen LogP contribution in [0.1, 0.15) is 240 Å². The molecule has 0 aromatic rings. The van der Waals surface area contributed by atoms with Crippen LogP contribution in [0.3, 0.4) is 0 Å². The van der Waals surface area contributed by atoms with Crippen molar-refractivity contribution in [3.8, 4) is 0 Å². The van der Waals surface area contributed by atoms with Crippen LogP contribution in [0, 0.1) is 5.41 Å². The van der Waals surface area contributed by atoms with Gasteiger partial charge in [0.1, 0.15) is 6.10 Å². The minimum atomic E-state index is -0.429. The molecule has 0 aliphatic heterocycles. The van der Waals surface area contributed by atoms with Crippen molar-refractivity contribution in [3.63, 3.8) is 0 Å². The zero-order chi connectivity index (χ0) is 38.4. The molecule has 0 heterocycles. The number of nitrogens with zero attached hydrogens (tertiary/aromatic N) is 1. The molecule has 52 heavy (non-hydrogen) atoms. The van der Waals surface area contributed by atoms with Crippen LogP contribution in [0.5, 0.6) is 0 Å². The van der Waals surface area contributed by atoms with E-state index in [2.05, 4.69) is 39.5 Å². The Morgan fingerprint density at radius 1 is 0.538 bits per heavy atom. The van der Waals surface area contributed by atoms with Gasteiger partial charge < -0.3 is 19.5 Å². The molecule has 1 N–H and O–H groups in total. The second-order valence-corrected chi connectivity index (χ2v) is 16.6. The summed E-state index contributed by atoms with van der Waals surface area (Å²) in [5.74, 6) is -0.0183. The average Bonchev–Trinajstić information content (AvgIpc) is 3.12. The Balaban J connectivity index is 4.16. The highest BCUT2D eigenvalue weighted by molar-refractivity contribution is 5.76. The second kappa shape index (κ2) is 38.1. The Bertz CT molecular complexity index is 756. The number of hydrogen-bond acceptors (Lipinski definition) is 6. The molecule has 0 unspecified atom stereocenters. The SMILES string of the molecule is CCCCCCCCC(=O)OCCCCCCCCN(CCO)CCCCCCC(C)(C)C(=O)OC(CCCCCCCC)CCCCCCCC. The van der Waals surface area contributed by atoms with Gasteiger partial charge in [-0.3, -0.25) is 9.59 Å². The first-order chi connectivity index (χ1) is 25.3. The highest BCUT2D eigenvalue weighted by Gasteiger charge is 2.30. The Labute approximate surface area is 324 Å². The molecule has 0 fully saturated rings. The molecule has 0 bridgehead atoms. The number of aliphatic hydroxyl groups is 1. The molecule has 6 nitrogen and oxygen atoms in total. The molecular weight excluding hydrogens is 647 g/mol. The van der Waals surface area contributed by atoms with Crippen LogP contribution in [0.2, 0.25) is 0 Å². The van der Waals surface area contributed by atoms with Crippen LogP contribution >= 0.6 is 0 Å². The lowest BCUT2D eigenvalue weighted by atomic mass is 9.86. The summed E-state index contributed by atoms with van der Waals surface area (Å²) < 4.78 is 11.6. The van der Waals surface area contributed by atoms with Crippen LogP contribution in [0.15, 0.2) is 0 Å². The summed E-state index contributed by atoms with van der Waals surface area (Å²) in [4.78, 5) is 27.6. The molecule has 6 heteroatoms. The fraction of sp³-hybridized carbons (Fsp3) is 0.957. The summed E-state index contributed by atoms with van der Waals surface area (Å²) in [5.41, 5.74) is -0.429. The van der Waals surface area contributed by atoms with Gasteiger partial charge in [-0.25, -0.2) is 0 Å². The van der Waals surface area contributed by atoms with Crippen molar-refractivity contribution in [2.24, 2.45) is 5.41 Å². The molecule has 0 aliphatic rings. The molecule has 0 aromatic carbocycles. The lowest BCUT2D eigenvalue weighted by Crippen LogP contribution is -2.31. The van der Waals surface area contributed by atoms with Crippen LogP contribution in [0.25, 0.3) is 0 Å². The minimum absolute atomic E-state index is 0.00539. The smallest absolute Gasteiger partial charge is 0.311 e. The lowest BCUT2D eigenvalue weighted by molar-refractivity contribution is -0.161. The Morgan fingerprint density at radius 2 is 0.962 bits per heavy atom. The maximum Gasteiger partial charge on any atom is 0.311 e. The van der Waals surface area contributed by atoms with Crippen molar-refractivity contribution in [3.05, 3.63) is 0 Å². The molecule has 0 saturated carbocycles. The van der Waals surface area contributed by atoms with Gasteiger partial charge in [0, 0.05) is 13.0 Å². The van der Waals surface area contributed by atoms with Gasteiger partial charge >= 0.3 is 11.9 Å². The lowest BCUT2D eigenvalue weighted by Gasteiger charge is -2.27. The number of aliphatic hydroxyl groups excluding tert-OH is 1. The van der Waals surface area contributed by atoms with E-state index < -0.39 is 5.41 Å².